The summed E-state index contributed by atoms with van der Waals surface area (Å²) >= 11 is 0. The Balaban J connectivity index is 2.42. The lowest BCUT2D eigenvalue weighted by Crippen LogP contribution is -2.02. The highest BCUT2D eigenvalue weighted by molar-refractivity contribution is 5.30. The van der Waals surface area contributed by atoms with Gasteiger partial charge in [0.1, 0.15) is 5.82 Å². The largest absolute Gasteiger partial charge is 0.256 e. The lowest BCUT2D eigenvalue weighted by Gasteiger charge is -2.07. The molecule has 0 aliphatic rings. The van der Waals surface area contributed by atoms with E-state index in [9.17, 15) is 4.39 Å². The van der Waals surface area contributed by atoms with Crippen molar-refractivity contribution in [2.24, 2.45) is 0 Å². The monoisotopic (exact) mass is 205 g/mol. The Kier molecular flexibility index (Phi) is 2.49. The van der Waals surface area contributed by atoms with Gasteiger partial charge < -0.3 is 0 Å². The summed E-state index contributed by atoms with van der Waals surface area (Å²) in [7, 11) is 0. The van der Waals surface area contributed by atoms with Crippen LogP contribution in [0.5, 0.6) is 0 Å². The third-order valence-corrected chi connectivity index (χ3v) is 2.17. The predicted molar refractivity (Wildman–Crippen MR) is 55.4 cm³/mol. The molecule has 0 N–H and O–H groups in total. The van der Waals surface area contributed by atoms with Crippen LogP contribution >= 0.6 is 0 Å². The van der Waals surface area contributed by atoms with Crippen LogP contribution in [0.4, 0.5) is 4.39 Å². The van der Waals surface area contributed by atoms with Crippen molar-refractivity contribution in [3.8, 4) is 5.69 Å². The van der Waals surface area contributed by atoms with Gasteiger partial charge in [0.2, 0.25) is 0 Å². The lowest BCUT2D eigenvalue weighted by atomic mass is 10.1. The van der Waals surface area contributed by atoms with Crippen LogP contribution in [0.1, 0.15) is 25.5 Å². The van der Waals surface area contributed by atoms with Gasteiger partial charge in [0.05, 0.1) is 17.6 Å². The molecule has 0 amide bonds. The Labute approximate surface area is 87.6 Å². The lowest BCUT2D eigenvalue weighted by molar-refractivity contribution is 0.582. The Morgan fingerprint density at radius 1 is 1.40 bits per heavy atom. The number of nitrogens with zero attached hydrogens (tertiary/aromatic N) is 3. The van der Waals surface area contributed by atoms with Gasteiger partial charge >= 0.3 is 0 Å². The molecular formula is C11H12FN3. The molecule has 2 aromatic heterocycles. The van der Waals surface area contributed by atoms with Crippen LogP contribution in [-0.2, 0) is 0 Å². The highest BCUT2D eigenvalue weighted by Crippen LogP contribution is 2.17. The summed E-state index contributed by atoms with van der Waals surface area (Å²) in [6, 6.07) is 3.24. The molecule has 0 saturated carbocycles. The van der Waals surface area contributed by atoms with Crippen molar-refractivity contribution in [1.82, 2.24) is 14.8 Å². The van der Waals surface area contributed by atoms with Crippen LogP contribution in [0.3, 0.4) is 0 Å². The number of aromatic nitrogens is 3. The smallest absolute Gasteiger partial charge is 0.147 e. The summed E-state index contributed by atoms with van der Waals surface area (Å²) in [6.45, 7) is 3.83. The van der Waals surface area contributed by atoms with Crippen molar-refractivity contribution in [2.75, 3.05) is 0 Å². The Morgan fingerprint density at radius 2 is 2.20 bits per heavy atom. The standard InChI is InChI=1S/C11H12FN3/c1-8(2)11-10(12)6-9(7-13-11)15-5-3-4-14-15/h3-8H,1-2H3. The van der Waals surface area contributed by atoms with Gasteiger partial charge in [-0.2, -0.15) is 5.10 Å². The zero-order valence-corrected chi connectivity index (χ0v) is 8.68. The average Bonchev–Trinajstić information content (AvgIpc) is 2.69. The van der Waals surface area contributed by atoms with E-state index in [1.54, 1.807) is 29.3 Å². The van der Waals surface area contributed by atoms with E-state index in [-0.39, 0.29) is 11.7 Å². The molecule has 2 rings (SSSR count). The molecule has 0 spiro atoms. The van der Waals surface area contributed by atoms with Crippen molar-refractivity contribution in [1.29, 1.82) is 0 Å². The topological polar surface area (TPSA) is 30.7 Å². The average molecular weight is 205 g/mol. The van der Waals surface area contributed by atoms with E-state index in [1.807, 2.05) is 13.8 Å². The highest BCUT2D eigenvalue weighted by Gasteiger charge is 2.09. The number of rotatable bonds is 2. The molecular weight excluding hydrogens is 193 g/mol. The summed E-state index contributed by atoms with van der Waals surface area (Å²) in [5, 5.41) is 4.01. The fourth-order valence-electron chi connectivity index (χ4n) is 1.41. The van der Waals surface area contributed by atoms with Crippen molar-refractivity contribution in [2.45, 2.75) is 19.8 Å². The molecule has 0 atom stereocenters. The molecule has 78 valence electrons. The van der Waals surface area contributed by atoms with Gasteiger partial charge in [0.15, 0.2) is 0 Å². The number of hydrogen-bond donors (Lipinski definition) is 0. The van der Waals surface area contributed by atoms with Gasteiger partial charge in [-0.1, -0.05) is 13.8 Å². The van der Waals surface area contributed by atoms with Crippen molar-refractivity contribution in [3.63, 3.8) is 0 Å². The van der Waals surface area contributed by atoms with E-state index in [0.717, 1.165) is 0 Å². The normalized spacial score (nSPS) is 10.9. The number of pyridine rings is 1. The Bertz CT molecular complexity index is 449. The molecule has 0 unspecified atom stereocenters. The van der Waals surface area contributed by atoms with Crippen LogP contribution in [0.25, 0.3) is 5.69 Å². The summed E-state index contributed by atoms with van der Waals surface area (Å²) in [5.41, 5.74) is 1.13. The van der Waals surface area contributed by atoms with Gasteiger partial charge in [-0.25, -0.2) is 9.07 Å². The molecule has 0 bridgehead atoms. The fourth-order valence-corrected chi connectivity index (χ4v) is 1.41. The van der Waals surface area contributed by atoms with E-state index in [4.69, 9.17) is 0 Å². The van der Waals surface area contributed by atoms with Gasteiger partial charge in [-0.05, 0) is 12.0 Å². The van der Waals surface area contributed by atoms with Gasteiger partial charge in [0.25, 0.3) is 0 Å². The highest BCUT2D eigenvalue weighted by atomic mass is 19.1. The Morgan fingerprint density at radius 3 is 2.73 bits per heavy atom. The third-order valence-electron chi connectivity index (χ3n) is 2.17. The minimum Gasteiger partial charge on any atom is -0.256 e. The number of hydrogen-bond acceptors (Lipinski definition) is 2. The summed E-state index contributed by atoms with van der Waals surface area (Å²) in [6.07, 6.45) is 5.03. The molecule has 2 aromatic rings. The minimum atomic E-state index is -0.280. The molecule has 0 fully saturated rings. The summed E-state index contributed by atoms with van der Waals surface area (Å²) in [5.74, 6) is -0.185. The first-order chi connectivity index (χ1) is 7.18. The molecule has 0 radical (unpaired) electrons. The second-order valence-corrected chi connectivity index (χ2v) is 3.67. The van der Waals surface area contributed by atoms with Crippen molar-refractivity contribution in [3.05, 3.63) is 42.2 Å². The first kappa shape index (κ1) is 9.83. The van der Waals surface area contributed by atoms with Crippen LogP contribution in [0.2, 0.25) is 0 Å². The van der Waals surface area contributed by atoms with E-state index >= 15 is 0 Å². The molecule has 2 heterocycles. The van der Waals surface area contributed by atoms with Gasteiger partial charge in [0, 0.05) is 18.5 Å². The van der Waals surface area contributed by atoms with E-state index in [0.29, 0.717) is 11.4 Å². The summed E-state index contributed by atoms with van der Waals surface area (Å²) < 4.78 is 15.2. The second-order valence-electron chi connectivity index (χ2n) is 3.67. The maximum absolute atomic E-state index is 13.6. The first-order valence-electron chi connectivity index (χ1n) is 4.84. The molecule has 15 heavy (non-hydrogen) atoms. The van der Waals surface area contributed by atoms with Crippen LogP contribution < -0.4 is 0 Å². The van der Waals surface area contributed by atoms with Gasteiger partial charge in [-0.15, -0.1) is 0 Å². The second kappa shape index (κ2) is 3.81. The molecule has 3 nitrogen and oxygen atoms in total. The van der Waals surface area contributed by atoms with Crippen LogP contribution in [0, 0.1) is 5.82 Å². The van der Waals surface area contributed by atoms with Crippen molar-refractivity contribution < 1.29 is 4.39 Å². The zero-order valence-electron chi connectivity index (χ0n) is 8.68. The molecule has 4 heteroatoms. The van der Waals surface area contributed by atoms with Gasteiger partial charge in [-0.3, -0.25) is 4.98 Å². The third kappa shape index (κ3) is 1.88. The predicted octanol–water partition coefficient (Wildman–Crippen LogP) is 2.53. The van der Waals surface area contributed by atoms with Crippen LogP contribution in [0.15, 0.2) is 30.7 Å². The molecule has 0 aliphatic carbocycles. The molecule has 0 saturated heterocycles. The quantitative estimate of drug-likeness (QED) is 0.754. The Hall–Kier alpha value is -1.71. The van der Waals surface area contributed by atoms with E-state index in [2.05, 4.69) is 10.1 Å². The van der Waals surface area contributed by atoms with Crippen LogP contribution in [-0.4, -0.2) is 14.8 Å². The van der Waals surface area contributed by atoms with E-state index in [1.165, 1.54) is 6.07 Å². The maximum Gasteiger partial charge on any atom is 0.147 e. The summed E-state index contributed by atoms with van der Waals surface area (Å²) in [4.78, 5) is 4.10. The first-order valence-corrected chi connectivity index (χ1v) is 4.84. The maximum atomic E-state index is 13.6. The number of halogens is 1. The zero-order chi connectivity index (χ0) is 10.8. The minimum absolute atomic E-state index is 0.0941. The fraction of sp³-hybridized carbons (Fsp3) is 0.273. The molecule has 0 aliphatic heterocycles. The van der Waals surface area contributed by atoms with E-state index < -0.39 is 0 Å². The molecule has 0 aromatic carbocycles. The SMILES string of the molecule is CC(C)c1ncc(-n2cccn2)cc1F. The van der Waals surface area contributed by atoms with Crippen molar-refractivity contribution >= 4 is 0 Å².